The number of anilines is 1. The van der Waals surface area contributed by atoms with Crippen LogP contribution in [-0.4, -0.2) is 58.5 Å². The summed E-state index contributed by atoms with van der Waals surface area (Å²) in [5, 5.41) is 2.87. The van der Waals surface area contributed by atoms with Crippen molar-refractivity contribution in [3.05, 3.63) is 60.2 Å². The zero-order valence-corrected chi connectivity index (χ0v) is 16.7. The summed E-state index contributed by atoms with van der Waals surface area (Å²) in [6.45, 7) is 2.35. The molecule has 1 heterocycles. The molecule has 3 rings (SSSR count). The van der Waals surface area contributed by atoms with Gasteiger partial charge in [0.1, 0.15) is 5.75 Å². The Balaban J connectivity index is 1.50. The fraction of sp³-hybridized carbons (Fsp3) is 0.350. The minimum absolute atomic E-state index is 0.0114. The molecular weight excluding hydrogens is 378 g/mol. The number of ether oxygens (including phenoxy) is 1. The summed E-state index contributed by atoms with van der Waals surface area (Å²) < 4.78 is 32.0. The number of hydrogen-bond acceptors (Lipinski definition) is 4. The summed E-state index contributed by atoms with van der Waals surface area (Å²) >= 11 is 0. The van der Waals surface area contributed by atoms with E-state index in [0.717, 1.165) is 10.5 Å². The van der Waals surface area contributed by atoms with E-state index in [9.17, 15) is 13.2 Å². The maximum Gasteiger partial charge on any atom is 0.279 e. The van der Waals surface area contributed by atoms with E-state index in [1.807, 2.05) is 42.5 Å². The van der Waals surface area contributed by atoms with Crippen molar-refractivity contribution < 1.29 is 22.8 Å². The van der Waals surface area contributed by atoms with Gasteiger partial charge in [0.25, 0.3) is 5.91 Å². The van der Waals surface area contributed by atoms with Crippen LogP contribution in [0.4, 0.5) is 5.69 Å². The predicted molar refractivity (Wildman–Crippen MR) is 108 cm³/mol. The lowest BCUT2D eigenvalue weighted by Gasteiger charge is -2.31. The first-order valence-corrected chi connectivity index (χ1v) is 10.9. The number of quaternary nitrogens is 1. The molecule has 0 radical (unpaired) electrons. The Bertz CT molecular complexity index is 895. The largest absolute Gasteiger partial charge is 0.495 e. The summed E-state index contributed by atoms with van der Waals surface area (Å²) in [5.74, 6) is 0.514. The SMILES string of the molecule is COc1ccccc1NC(=O)C[NH+]1CCN(S(=O)(=O)Cc2ccccc2)CC1. The summed E-state index contributed by atoms with van der Waals surface area (Å²) in [4.78, 5) is 13.4. The summed E-state index contributed by atoms with van der Waals surface area (Å²) in [7, 11) is -1.78. The van der Waals surface area contributed by atoms with Crippen LogP contribution in [0.1, 0.15) is 5.56 Å². The third kappa shape index (κ3) is 5.31. The highest BCUT2D eigenvalue weighted by Crippen LogP contribution is 2.22. The molecule has 0 saturated carbocycles. The van der Waals surface area contributed by atoms with Crippen molar-refractivity contribution in [1.82, 2.24) is 4.31 Å². The Morgan fingerprint density at radius 2 is 1.71 bits per heavy atom. The van der Waals surface area contributed by atoms with Gasteiger partial charge in [0, 0.05) is 0 Å². The molecule has 2 N–H and O–H groups in total. The van der Waals surface area contributed by atoms with Crippen LogP contribution in [0.2, 0.25) is 0 Å². The second-order valence-electron chi connectivity index (χ2n) is 6.82. The maximum absolute atomic E-state index is 12.6. The van der Waals surface area contributed by atoms with Crippen LogP contribution in [0.25, 0.3) is 0 Å². The first kappa shape index (κ1) is 20.3. The molecule has 0 aliphatic carbocycles. The Hall–Kier alpha value is -2.42. The van der Waals surface area contributed by atoms with Gasteiger partial charge in [-0.05, 0) is 17.7 Å². The molecule has 0 unspecified atom stereocenters. The number of rotatable bonds is 7. The molecule has 1 amide bonds. The standard InChI is InChI=1S/C20H25N3O4S/c1-27-19-10-6-5-9-18(19)21-20(24)15-22-11-13-23(14-12-22)28(25,26)16-17-7-3-2-4-8-17/h2-10H,11-16H2,1H3,(H,21,24)/p+1. The van der Waals surface area contributed by atoms with Gasteiger partial charge in [-0.1, -0.05) is 42.5 Å². The van der Waals surface area contributed by atoms with E-state index in [1.165, 1.54) is 4.31 Å². The Morgan fingerprint density at radius 3 is 2.39 bits per heavy atom. The highest BCUT2D eigenvalue weighted by molar-refractivity contribution is 7.88. The quantitative estimate of drug-likeness (QED) is 0.699. The number of piperazine rings is 1. The molecule has 0 aromatic heterocycles. The van der Waals surface area contributed by atoms with Crippen molar-refractivity contribution in [3.63, 3.8) is 0 Å². The minimum atomic E-state index is -3.34. The number of amides is 1. The lowest BCUT2D eigenvalue weighted by molar-refractivity contribution is -0.895. The van der Waals surface area contributed by atoms with Crippen LogP contribution >= 0.6 is 0 Å². The molecule has 0 atom stereocenters. The first-order chi connectivity index (χ1) is 13.5. The zero-order valence-electron chi connectivity index (χ0n) is 15.9. The molecule has 1 fully saturated rings. The monoisotopic (exact) mass is 404 g/mol. The van der Waals surface area contributed by atoms with Crippen molar-refractivity contribution in [3.8, 4) is 5.75 Å². The molecular formula is C20H26N3O4S+. The lowest BCUT2D eigenvalue weighted by Crippen LogP contribution is -3.15. The van der Waals surface area contributed by atoms with E-state index < -0.39 is 10.0 Å². The van der Waals surface area contributed by atoms with E-state index in [4.69, 9.17) is 4.74 Å². The fourth-order valence-electron chi connectivity index (χ4n) is 3.30. The zero-order chi connectivity index (χ0) is 20.0. The van der Waals surface area contributed by atoms with Crippen molar-refractivity contribution in [2.75, 3.05) is 45.2 Å². The van der Waals surface area contributed by atoms with Gasteiger partial charge in [0.15, 0.2) is 6.54 Å². The molecule has 8 heteroatoms. The molecule has 1 aliphatic rings. The van der Waals surface area contributed by atoms with Crippen LogP contribution < -0.4 is 15.0 Å². The molecule has 1 aliphatic heterocycles. The van der Waals surface area contributed by atoms with Gasteiger partial charge in [-0.2, -0.15) is 4.31 Å². The average molecular weight is 405 g/mol. The number of methoxy groups -OCH3 is 1. The van der Waals surface area contributed by atoms with Crippen molar-refractivity contribution in [2.45, 2.75) is 5.75 Å². The van der Waals surface area contributed by atoms with Gasteiger partial charge >= 0.3 is 0 Å². The Morgan fingerprint density at radius 1 is 1.07 bits per heavy atom. The molecule has 28 heavy (non-hydrogen) atoms. The molecule has 2 aromatic rings. The number of carbonyl (C=O) groups excluding carboxylic acids is 1. The summed E-state index contributed by atoms with van der Waals surface area (Å²) in [6.07, 6.45) is 0. The third-order valence-corrected chi connectivity index (χ3v) is 6.66. The van der Waals surface area contributed by atoms with Gasteiger partial charge in [0.2, 0.25) is 10.0 Å². The smallest absolute Gasteiger partial charge is 0.279 e. The molecule has 2 aromatic carbocycles. The number of carbonyl (C=O) groups is 1. The highest BCUT2D eigenvalue weighted by Gasteiger charge is 2.30. The Labute approximate surface area is 166 Å². The van der Waals surface area contributed by atoms with Gasteiger partial charge < -0.3 is 15.0 Å². The van der Waals surface area contributed by atoms with Crippen molar-refractivity contribution >= 4 is 21.6 Å². The fourth-order valence-corrected chi connectivity index (χ4v) is 4.84. The summed E-state index contributed by atoms with van der Waals surface area (Å²) in [6, 6.07) is 16.5. The van der Waals surface area contributed by atoms with Crippen molar-refractivity contribution in [1.29, 1.82) is 0 Å². The number of hydrogen-bond donors (Lipinski definition) is 2. The minimum Gasteiger partial charge on any atom is -0.495 e. The maximum atomic E-state index is 12.6. The normalized spacial score (nSPS) is 15.9. The van der Waals surface area contributed by atoms with E-state index in [2.05, 4.69) is 5.32 Å². The molecule has 1 saturated heterocycles. The molecule has 150 valence electrons. The van der Waals surface area contributed by atoms with Gasteiger partial charge in [-0.3, -0.25) is 4.79 Å². The number of nitrogens with one attached hydrogen (secondary N) is 2. The predicted octanol–water partition coefficient (Wildman–Crippen LogP) is 0.364. The van der Waals surface area contributed by atoms with Crippen molar-refractivity contribution in [2.24, 2.45) is 0 Å². The van der Waals surface area contributed by atoms with Crippen LogP contribution in [0, 0.1) is 0 Å². The van der Waals surface area contributed by atoms with E-state index in [0.29, 0.717) is 44.2 Å². The van der Waals surface area contributed by atoms with Crippen LogP contribution in [0.3, 0.4) is 0 Å². The first-order valence-electron chi connectivity index (χ1n) is 9.26. The van der Waals surface area contributed by atoms with E-state index in [-0.39, 0.29) is 11.7 Å². The molecule has 0 bridgehead atoms. The van der Waals surface area contributed by atoms with E-state index in [1.54, 1.807) is 19.2 Å². The second-order valence-corrected chi connectivity index (χ2v) is 8.79. The Kier molecular flexibility index (Phi) is 6.66. The highest BCUT2D eigenvalue weighted by atomic mass is 32.2. The molecule has 7 nitrogen and oxygen atoms in total. The lowest BCUT2D eigenvalue weighted by atomic mass is 10.2. The molecule has 0 spiro atoms. The van der Waals surface area contributed by atoms with E-state index >= 15 is 0 Å². The average Bonchev–Trinajstić information content (AvgIpc) is 2.69. The summed E-state index contributed by atoms with van der Waals surface area (Å²) in [5.41, 5.74) is 1.42. The number of para-hydroxylation sites is 2. The van der Waals surface area contributed by atoms with Gasteiger partial charge in [0.05, 0.1) is 44.7 Å². The van der Waals surface area contributed by atoms with Gasteiger partial charge in [-0.15, -0.1) is 0 Å². The number of benzene rings is 2. The van der Waals surface area contributed by atoms with Gasteiger partial charge in [-0.25, -0.2) is 8.42 Å². The van der Waals surface area contributed by atoms with Crippen LogP contribution in [0.5, 0.6) is 5.75 Å². The number of sulfonamides is 1. The number of nitrogens with zero attached hydrogens (tertiary/aromatic N) is 1. The third-order valence-electron chi connectivity index (χ3n) is 4.81. The second kappa shape index (κ2) is 9.18. The van der Waals surface area contributed by atoms with Crippen LogP contribution in [-0.2, 0) is 20.6 Å². The van der Waals surface area contributed by atoms with Crippen LogP contribution in [0.15, 0.2) is 54.6 Å². The topological polar surface area (TPSA) is 80.2 Å².